The van der Waals surface area contributed by atoms with Crippen LogP contribution in [-0.2, 0) is 0 Å². The predicted octanol–water partition coefficient (Wildman–Crippen LogP) is 13.0. The molecule has 51 heavy (non-hydrogen) atoms. The van der Waals surface area contributed by atoms with Crippen LogP contribution in [0.2, 0.25) is 0 Å². The lowest BCUT2D eigenvalue weighted by atomic mass is 9.81. The Morgan fingerprint density at radius 1 is 0.431 bits per heavy atom. The molecular formula is C48H34N2O. The standard InChI is InChI=1S/C48H34N2O/c1-51-39-26-23-36(24-27-39)50(38-20-13-29-49-32-38)37-25-28-42-45(30-37)40-21-11-12-22-41(40)47-44(34-16-7-3-8-17-34)31-43(33-14-5-2-6-15-33)46(48(42)47)35-18-9-4-10-19-35/h2-32H,1H3. The summed E-state index contributed by atoms with van der Waals surface area (Å²) in [6, 6.07) is 63.0. The molecule has 242 valence electrons. The number of anilines is 3. The van der Waals surface area contributed by atoms with Crippen LogP contribution in [0, 0.1) is 0 Å². The van der Waals surface area contributed by atoms with Crippen molar-refractivity contribution >= 4 is 49.4 Å². The van der Waals surface area contributed by atoms with Crippen molar-refractivity contribution in [3.63, 3.8) is 0 Å². The van der Waals surface area contributed by atoms with Gasteiger partial charge in [0.1, 0.15) is 5.75 Å². The zero-order chi connectivity index (χ0) is 34.1. The Morgan fingerprint density at radius 2 is 1.02 bits per heavy atom. The summed E-state index contributed by atoms with van der Waals surface area (Å²) in [5.74, 6) is 0.817. The van der Waals surface area contributed by atoms with E-state index >= 15 is 0 Å². The lowest BCUT2D eigenvalue weighted by Crippen LogP contribution is -2.10. The minimum Gasteiger partial charge on any atom is -0.497 e. The number of aromatic nitrogens is 1. The summed E-state index contributed by atoms with van der Waals surface area (Å²) in [6.45, 7) is 0. The molecule has 0 amide bonds. The van der Waals surface area contributed by atoms with Crippen LogP contribution in [0.25, 0.3) is 65.7 Å². The van der Waals surface area contributed by atoms with Crippen LogP contribution in [0.15, 0.2) is 188 Å². The lowest BCUT2D eigenvalue weighted by Gasteiger charge is -2.26. The first-order chi connectivity index (χ1) is 25.3. The second-order valence-electron chi connectivity index (χ2n) is 12.7. The monoisotopic (exact) mass is 654 g/mol. The van der Waals surface area contributed by atoms with Crippen molar-refractivity contribution in [2.75, 3.05) is 12.0 Å². The van der Waals surface area contributed by atoms with Gasteiger partial charge in [0.05, 0.1) is 19.0 Å². The number of hydrogen-bond acceptors (Lipinski definition) is 3. The molecule has 0 unspecified atom stereocenters. The molecule has 3 heteroatoms. The summed E-state index contributed by atoms with van der Waals surface area (Å²) < 4.78 is 5.51. The number of methoxy groups -OCH3 is 1. The van der Waals surface area contributed by atoms with Crippen molar-refractivity contribution in [2.24, 2.45) is 0 Å². The van der Waals surface area contributed by atoms with E-state index in [4.69, 9.17) is 4.74 Å². The van der Waals surface area contributed by atoms with Gasteiger partial charge >= 0.3 is 0 Å². The molecule has 3 nitrogen and oxygen atoms in total. The van der Waals surface area contributed by atoms with E-state index in [-0.39, 0.29) is 0 Å². The Kier molecular flexibility index (Phi) is 7.71. The van der Waals surface area contributed by atoms with E-state index in [1.54, 1.807) is 7.11 Å². The van der Waals surface area contributed by atoms with Crippen molar-refractivity contribution in [3.05, 3.63) is 188 Å². The van der Waals surface area contributed by atoms with Gasteiger partial charge in [-0.1, -0.05) is 121 Å². The smallest absolute Gasteiger partial charge is 0.119 e. The fraction of sp³-hybridized carbons (Fsp3) is 0.0208. The molecule has 0 spiro atoms. The highest BCUT2D eigenvalue weighted by molar-refractivity contribution is 6.33. The predicted molar refractivity (Wildman–Crippen MR) is 214 cm³/mol. The molecule has 1 aromatic heterocycles. The molecule has 0 saturated carbocycles. The Hall–Kier alpha value is -6.71. The molecule has 0 bridgehead atoms. The van der Waals surface area contributed by atoms with Gasteiger partial charge in [0.15, 0.2) is 0 Å². The van der Waals surface area contributed by atoms with Crippen molar-refractivity contribution in [1.29, 1.82) is 0 Å². The third-order valence-corrected chi connectivity index (χ3v) is 9.81. The van der Waals surface area contributed by atoms with Crippen molar-refractivity contribution in [3.8, 4) is 39.1 Å². The quantitative estimate of drug-likeness (QED) is 0.160. The van der Waals surface area contributed by atoms with Gasteiger partial charge in [0.25, 0.3) is 0 Å². The average molecular weight is 655 g/mol. The first kappa shape index (κ1) is 30.4. The highest BCUT2D eigenvalue weighted by atomic mass is 16.5. The molecule has 8 aromatic carbocycles. The Bertz CT molecular complexity index is 2640. The Labute approximate surface area is 297 Å². The molecule has 0 aliphatic heterocycles. The molecule has 9 aromatic rings. The van der Waals surface area contributed by atoms with Crippen LogP contribution in [0.5, 0.6) is 5.75 Å². The minimum absolute atomic E-state index is 0.817. The number of ether oxygens (including phenoxy) is 1. The van der Waals surface area contributed by atoms with Crippen molar-refractivity contribution < 1.29 is 4.74 Å². The van der Waals surface area contributed by atoms with Crippen LogP contribution in [0.4, 0.5) is 17.1 Å². The fourth-order valence-electron chi connectivity index (χ4n) is 7.54. The fourth-order valence-corrected chi connectivity index (χ4v) is 7.54. The van der Waals surface area contributed by atoms with Crippen LogP contribution >= 0.6 is 0 Å². The summed E-state index contributed by atoms with van der Waals surface area (Å²) in [7, 11) is 1.70. The molecule has 0 aliphatic rings. The summed E-state index contributed by atoms with van der Waals surface area (Å²) in [5, 5.41) is 7.35. The van der Waals surface area contributed by atoms with Crippen molar-refractivity contribution in [2.45, 2.75) is 0 Å². The number of fused-ring (bicyclic) bond motifs is 6. The van der Waals surface area contributed by atoms with E-state index in [1.165, 1.54) is 65.7 Å². The second kappa shape index (κ2) is 13.0. The van der Waals surface area contributed by atoms with Crippen molar-refractivity contribution in [1.82, 2.24) is 4.98 Å². The number of pyridine rings is 1. The maximum absolute atomic E-state index is 5.51. The molecule has 0 radical (unpaired) electrons. The summed E-state index contributed by atoms with van der Waals surface area (Å²) in [6.07, 6.45) is 3.73. The third kappa shape index (κ3) is 5.36. The Balaban J connectivity index is 1.44. The van der Waals surface area contributed by atoms with Crippen LogP contribution in [0.3, 0.4) is 0 Å². The Morgan fingerprint density at radius 3 is 1.67 bits per heavy atom. The molecular weight excluding hydrogens is 621 g/mol. The van der Waals surface area contributed by atoms with Gasteiger partial charge in [-0.15, -0.1) is 0 Å². The maximum atomic E-state index is 5.51. The minimum atomic E-state index is 0.817. The van der Waals surface area contributed by atoms with Crippen LogP contribution < -0.4 is 9.64 Å². The lowest BCUT2D eigenvalue weighted by molar-refractivity contribution is 0.415. The number of hydrogen-bond donors (Lipinski definition) is 0. The SMILES string of the molecule is COc1ccc(N(c2cccnc2)c2ccc3c(c2)c2ccccc2c2c(-c4ccccc4)cc(-c4ccccc4)c(-c4ccccc4)c32)cc1. The highest BCUT2D eigenvalue weighted by Crippen LogP contribution is 2.50. The summed E-state index contributed by atoms with van der Waals surface area (Å²) in [4.78, 5) is 6.76. The maximum Gasteiger partial charge on any atom is 0.119 e. The molecule has 0 fully saturated rings. The molecule has 0 N–H and O–H groups in total. The average Bonchev–Trinajstić information content (AvgIpc) is 3.22. The summed E-state index contributed by atoms with van der Waals surface area (Å²) >= 11 is 0. The van der Waals surface area contributed by atoms with Gasteiger partial charge in [-0.3, -0.25) is 4.98 Å². The first-order valence-corrected chi connectivity index (χ1v) is 17.2. The van der Waals surface area contributed by atoms with Gasteiger partial charge in [-0.25, -0.2) is 0 Å². The molecule has 0 aliphatic carbocycles. The van der Waals surface area contributed by atoms with Crippen LogP contribution in [-0.4, -0.2) is 12.1 Å². The van der Waals surface area contributed by atoms with E-state index < -0.39 is 0 Å². The van der Waals surface area contributed by atoms with E-state index in [0.717, 1.165) is 22.8 Å². The molecule has 1 heterocycles. The number of benzene rings is 8. The van der Waals surface area contributed by atoms with Gasteiger partial charge < -0.3 is 9.64 Å². The van der Waals surface area contributed by atoms with E-state index in [9.17, 15) is 0 Å². The summed E-state index contributed by atoms with van der Waals surface area (Å²) in [5.41, 5.74) is 10.3. The molecule has 0 atom stereocenters. The number of nitrogens with zero attached hydrogens (tertiary/aromatic N) is 2. The van der Waals surface area contributed by atoms with Gasteiger partial charge in [0.2, 0.25) is 0 Å². The van der Waals surface area contributed by atoms with E-state index in [2.05, 4.69) is 168 Å². The topological polar surface area (TPSA) is 25.4 Å². The van der Waals surface area contributed by atoms with Gasteiger partial charge in [-0.05, 0) is 120 Å². The van der Waals surface area contributed by atoms with E-state index in [1.807, 2.05) is 30.6 Å². The van der Waals surface area contributed by atoms with E-state index in [0.29, 0.717) is 0 Å². The van der Waals surface area contributed by atoms with Gasteiger partial charge in [-0.2, -0.15) is 0 Å². The second-order valence-corrected chi connectivity index (χ2v) is 12.7. The zero-order valence-corrected chi connectivity index (χ0v) is 28.2. The highest BCUT2D eigenvalue weighted by Gasteiger charge is 2.22. The normalized spacial score (nSPS) is 11.2. The molecule has 0 saturated heterocycles. The third-order valence-electron chi connectivity index (χ3n) is 9.81. The number of rotatable bonds is 7. The molecule has 9 rings (SSSR count). The first-order valence-electron chi connectivity index (χ1n) is 17.2. The largest absolute Gasteiger partial charge is 0.497 e. The van der Waals surface area contributed by atoms with Crippen LogP contribution in [0.1, 0.15) is 0 Å². The zero-order valence-electron chi connectivity index (χ0n) is 28.2. The van der Waals surface area contributed by atoms with Gasteiger partial charge in [0, 0.05) is 17.6 Å².